The molecule has 0 saturated carbocycles. The molecule has 2 rings (SSSR count). The molecule has 4 heteroatoms. The van der Waals surface area contributed by atoms with E-state index in [0.717, 1.165) is 6.42 Å². The number of hydrogen-bond donors (Lipinski definition) is 1. The third-order valence-electron chi connectivity index (χ3n) is 3.62. The van der Waals surface area contributed by atoms with E-state index < -0.39 is 0 Å². The van der Waals surface area contributed by atoms with Gasteiger partial charge in [-0.25, -0.2) is 0 Å². The fourth-order valence-corrected chi connectivity index (χ4v) is 2.19. The summed E-state index contributed by atoms with van der Waals surface area (Å²) in [6, 6.07) is 6.35. The fraction of sp³-hybridized carbons (Fsp3) is 0.562. The molecule has 4 nitrogen and oxygen atoms in total. The third-order valence-corrected chi connectivity index (χ3v) is 3.62. The standard InChI is InChI=1S/C16H23NO3/c1-12-3-4-14(9-13(12)2)5-6-16(18)17-10-15-11-19-7-8-20-15/h3-4,9,15H,5-8,10-11H2,1-2H3,(H,17,18)/t15-/m0/s1. The topological polar surface area (TPSA) is 47.6 Å². The molecule has 110 valence electrons. The molecule has 1 aromatic carbocycles. The summed E-state index contributed by atoms with van der Waals surface area (Å²) in [5.74, 6) is 0.0670. The van der Waals surface area contributed by atoms with Crippen LogP contribution in [0.5, 0.6) is 0 Å². The number of rotatable bonds is 5. The Kier molecular flexibility index (Phi) is 5.56. The molecule has 0 unspecified atom stereocenters. The van der Waals surface area contributed by atoms with Gasteiger partial charge in [0.25, 0.3) is 0 Å². The van der Waals surface area contributed by atoms with Gasteiger partial charge in [-0.1, -0.05) is 18.2 Å². The minimum atomic E-state index is -0.00526. The molecule has 1 fully saturated rings. The van der Waals surface area contributed by atoms with Crippen LogP contribution in [0.1, 0.15) is 23.1 Å². The van der Waals surface area contributed by atoms with E-state index in [1.54, 1.807) is 0 Å². The maximum atomic E-state index is 11.8. The molecule has 0 aliphatic carbocycles. The Bertz CT molecular complexity index is 453. The zero-order valence-corrected chi connectivity index (χ0v) is 12.3. The minimum Gasteiger partial charge on any atom is -0.376 e. The lowest BCUT2D eigenvalue weighted by Crippen LogP contribution is -2.39. The van der Waals surface area contributed by atoms with E-state index >= 15 is 0 Å². The number of carbonyl (C=O) groups is 1. The molecular formula is C16H23NO3. The van der Waals surface area contributed by atoms with Crippen LogP contribution < -0.4 is 5.32 Å². The molecule has 0 aromatic heterocycles. The summed E-state index contributed by atoms with van der Waals surface area (Å²) >= 11 is 0. The molecule has 1 N–H and O–H groups in total. The average Bonchev–Trinajstić information content (AvgIpc) is 2.47. The van der Waals surface area contributed by atoms with Gasteiger partial charge < -0.3 is 14.8 Å². The highest BCUT2D eigenvalue weighted by atomic mass is 16.6. The molecule has 1 heterocycles. The first kappa shape index (κ1) is 15.0. The normalized spacial score (nSPS) is 18.8. The van der Waals surface area contributed by atoms with Crippen molar-refractivity contribution >= 4 is 5.91 Å². The first-order chi connectivity index (χ1) is 9.65. The Balaban J connectivity index is 1.70. The summed E-state index contributed by atoms with van der Waals surface area (Å²) in [4.78, 5) is 11.8. The number of ether oxygens (including phenoxy) is 2. The van der Waals surface area contributed by atoms with Crippen LogP contribution in [0.15, 0.2) is 18.2 Å². The van der Waals surface area contributed by atoms with Gasteiger partial charge in [0, 0.05) is 13.0 Å². The van der Waals surface area contributed by atoms with Gasteiger partial charge in [-0.2, -0.15) is 0 Å². The average molecular weight is 277 g/mol. The van der Waals surface area contributed by atoms with Crippen LogP contribution in [-0.4, -0.2) is 38.4 Å². The van der Waals surface area contributed by atoms with Crippen molar-refractivity contribution in [2.24, 2.45) is 0 Å². The summed E-state index contributed by atoms with van der Waals surface area (Å²) in [6.07, 6.45) is 1.28. The molecule has 1 atom stereocenters. The summed E-state index contributed by atoms with van der Waals surface area (Å²) in [6.45, 7) is 6.56. The van der Waals surface area contributed by atoms with Gasteiger partial charge in [-0.3, -0.25) is 4.79 Å². The zero-order valence-electron chi connectivity index (χ0n) is 12.3. The zero-order chi connectivity index (χ0) is 14.4. The Morgan fingerprint density at radius 1 is 1.30 bits per heavy atom. The Labute approximate surface area is 120 Å². The minimum absolute atomic E-state index is 0.00526. The van der Waals surface area contributed by atoms with Gasteiger partial charge in [0.05, 0.1) is 25.9 Å². The van der Waals surface area contributed by atoms with Crippen molar-refractivity contribution in [1.82, 2.24) is 5.32 Å². The van der Waals surface area contributed by atoms with Gasteiger partial charge in [0.1, 0.15) is 0 Å². The Morgan fingerprint density at radius 2 is 2.15 bits per heavy atom. The molecule has 1 saturated heterocycles. The van der Waals surface area contributed by atoms with Crippen LogP contribution in [0.25, 0.3) is 0 Å². The number of benzene rings is 1. The summed E-state index contributed by atoms with van der Waals surface area (Å²) in [5, 5.41) is 2.90. The predicted octanol–water partition coefficient (Wildman–Crippen LogP) is 1.77. The van der Waals surface area contributed by atoms with Crippen LogP contribution in [0.4, 0.5) is 0 Å². The second-order valence-electron chi connectivity index (χ2n) is 5.29. The molecule has 1 amide bonds. The van der Waals surface area contributed by atoms with Gasteiger partial charge in [0.2, 0.25) is 5.91 Å². The first-order valence-corrected chi connectivity index (χ1v) is 7.17. The van der Waals surface area contributed by atoms with Crippen LogP contribution >= 0.6 is 0 Å². The van der Waals surface area contributed by atoms with Crippen molar-refractivity contribution in [2.45, 2.75) is 32.8 Å². The Morgan fingerprint density at radius 3 is 2.85 bits per heavy atom. The monoisotopic (exact) mass is 277 g/mol. The lowest BCUT2D eigenvalue weighted by Gasteiger charge is -2.23. The van der Waals surface area contributed by atoms with Crippen LogP contribution in [0.3, 0.4) is 0 Å². The van der Waals surface area contributed by atoms with Crippen LogP contribution in [-0.2, 0) is 20.7 Å². The van der Waals surface area contributed by atoms with Crippen molar-refractivity contribution < 1.29 is 14.3 Å². The van der Waals surface area contributed by atoms with E-state index in [4.69, 9.17) is 9.47 Å². The Hall–Kier alpha value is -1.39. The summed E-state index contributed by atoms with van der Waals surface area (Å²) in [7, 11) is 0. The van der Waals surface area contributed by atoms with Gasteiger partial charge >= 0.3 is 0 Å². The quantitative estimate of drug-likeness (QED) is 0.892. The number of amides is 1. The molecule has 0 bridgehead atoms. The molecule has 20 heavy (non-hydrogen) atoms. The lowest BCUT2D eigenvalue weighted by atomic mass is 10.0. The van der Waals surface area contributed by atoms with Crippen LogP contribution in [0, 0.1) is 13.8 Å². The van der Waals surface area contributed by atoms with Crippen molar-refractivity contribution in [3.8, 4) is 0 Å². The molecule has 0 radical (unpaired) electrons. The SMILES string of the molecule is Cc1ccc(CCC(=O)NC[C@H]2COCCO2)cc1C. The first-order valence-electron chi connectivity index (χ1n) is 7.17. The van der Waals surface area contributed by atoms with Gasteiger partial charge in [0.15, 0.2) is 0 Å². The van der Waals surface area contributed by atoms with E-state index in [1.165, 1.54) is 16.7 Å². The molecule has 0 spiro atoms. The van der Waals surface area contributed by atoms with E-state index in [2.05, 4.69) is 37.4 Å². The highest BCUT2D eigenvalue weighted by Crippen LogP contribution is 2.11. The highest BCUT2D eigenvalue weighted by Gasteiger charge is 2.15. The number of carbonyl (C=O) groups excluding carboxylic acids is 1. The fourth-order valence-electron chi connectivity index (χ4n) is 2.19. The van der Waals surface area contributed by atoms with Crippen molar-refractivity contribution in [2.75, 3.05) is 26.4 Å². The third kappa shape index (κ3) is 4.62. The lowest BCUT2D eigenvalue weighted by molar-refractivity contribution is -0.123. The predicted molar refractivity (Wildman–Crippen MR) is 77.8 cm³/mol. The second-order valence-corrected chi connectivity index (χ2v) is 5.29. The maximum absolute atomic E-state index is 11.8. The van der Waals surface area contributed by atoms with Crippen molar-refractivity contribution in [3.63, 3.8) is 0 Å². The van der Waals surface area contributed by atoms with E-state index in [1.807, 2.05) is 0 Å². The molecular weight excluding hydrogens is 254 g/mol. The summed E-state index contributed by atoms with van der Waals surface area (Å²) in [5.41, 5.74) is 3.77. The summed E-state index contributed by atoms with van der Waals surface area (Å²) < 4.78 is 10.8. The second kappa shape index (κ2) is 7.41. The van der Waals surface area contributed by atoms with E-state index in [9.17, 15) is 4.79 Å². The smallest absolute Gasteiger partial charge is 0.220 e. The van der Waals surface area contributed by atoms with Gasteiger partial charge in [-0.15, -0.1) is 0 Å². The molecule has 1 aliphatic heterocycles. The van der Waals surface area contributed by atoms with Crippen molar-refractivity contribution in [3.05, 3.63) is 34.9 Å². The van der Waals surface area contributed by atoms with Crippen molar-refractivity contribution in [1.29, 1.82) is 0 Å². The van der Waals surface area contributed by atoms with E-state index in [-0.39, 0.29) is 12.0 Å². The highest BCUT2D eigenvalue weighted by molar-refractivity contribution is 5.76. The van der Waals surface area contributed by atoms with Crippen LogP contribution in [0.2, 0.25) is 0 Å². The van der Waals surface area contributed by atoms with E-state index in [0.29, 0.717) is 32.8 Å². The molecule has 1 aliphatic rings. The largest absolute Gasteiger partial charge is 0.376 e. The van der Waals surface area contributed by atoms with Gasteiger partial charge in [-0.05, 0) is 37.0 Å². The number of hydrogen-bond acceptors (Lipinski definition) is 3. The maximum Gasteiger partial charge on any atom is 0.220 e. The number of aryl methyl sites for hydroxylation is 3. The molecule has 1 aromatic rings. The number of nitrogens with one attached hydrogen (secondary N) is 1.